The van der Waals surface area contributed by atoms with Crippen molar-refractivity contribution in [2.24, 2.45) is 0 Å². The van der Waals surface area contributed by atoms with E-state index in [1.54, 1.807) is 24.3 Å². The number of piperidine rings is 1. The van der Waals surface area contributed by atoms with Crippen LogP contribution in [0.5, 0.6) is 5.75 Å². The average Bonchev–Trinajstić information content (AvgIpc) is 2.66. The van der Waals surface area contributed by atoms with Crippen LogP contribution in [0.1, 0.15) is 43.5 Å². The van der Waals surface area contributed by atoms with Crippen molar-refractivity contribution in [3.05, 3.63) is 29.8 Å². The molecule has 1 aromatic carbocycles. The second kappa shape index (κ2) is 10.7. The SMILES string of the molecule is CC1CCCC(C)N1C(=O)COc1ccc(C(=O)NCCOCC(=O)O)cc1. The highest BCUT2D eigenvalue weighted by Crippen LogP contribution is 2.22. The Morgan fingerprint density at radius 2 is 1.75 bits per heavy atom. The summed E-state index contributed by atoms with van der Waals surface area (Å²) in [5, 5.41) is 11.1. The number of carbonyl (C=O) groups excluding carboxylic acids is 2. The third kappa shape index (κ3) is 6.53. The van der Waals surface area contributed by atoms with Gasteiger partial charge >= 0.3 is 5.97 Å². The van der Waals surface area contributed by atoms with Gasteiger partial charge in [-0.15, -0.1) is 0 Å². The smallest absolute Gasteiger partial charge is 0.329 e. The normalized spacial score (nSPS) is 19.1. The molecule has 28 heavy (non-hydrogen) atoms. The fourth-order valence-electron chi connectivity index (χ4n) is 3.33. The summed E-state index contributed by atoms with van der Waals surface area (Å²) in [6, 6.07) is 6.97. The molecule has 1 saturated heterocycles. The van der Waals surface area contributed by atoms with Crippen molar-refractivity contribution in [3.63, 3.8) is 0 Å². The Morgan fingerprint density at radius 3 is 2.36 bits per heavy atom. The summed E-state index contributed by atoms with van der Waals surface area (Å²) in [4.78, 5) is 36.7. The summed E-state index contributed by atoms with van der Waals surface area (Å²) in [5.74, 6) is -0.850. The van der Waals surface area contributed by atoms with Gasteiger partial charge in [0, 0.05) is 24.2 Å². The zero-order valence-corrected chi connectivity index (χ0v) is 16.3. The van der Waals surface area contributed by atoms with Crippen molar-refractivity contribution in [1.29, 1.82) is 0 Å². The van der Waals surface area contributed by atoms with Gasteiger partial charge in [0.05, 0.1) is 6.61 Å². The highest BCUT2D eigenvalue weighted by atomic mass is 16.5. The molecule has 2 unspecified atom stereocenters. The number of benzene rings is 1. The second-order valence-electron chi connectivity index (χ2n) is 6.95. The van der Waals surface area contributed by atoms with Crippen molar-refractivity contribution in [1.82, 2.24) is 10.2 Å². The Morgan fingerprint density at radius 1 is 1.11 bits per heavy atom. The van der Waals surface area contributed by atoms with E-state index >= 15 is 0 Å². The molecule has 1 aliphatic heterocycles. The van der Waals surface area contributed by atoms with Gasteiger partial charge in [-0.1, -0.05) is 0 Å². The number of carboxylic acids is 1. The van der Waals surface area contributed by atoms with Crippen LogP contribution in [-0.4, -0.2) is 66.2 Å². The molecule has 0 spiro atoms. The van der Waals surface area contributed by atoms with Crippen LogP contribution in [0.4, 0.5) is 0 Å². The second-order valence-corrected chi connectivity index (χ2v) is 6.95. The Kier molecular flexibility index (Phi) is 8.25. The molecule has 8 heteroatoms. The van der Waals surface area contributed by atoms with Gasteiger partial charge < -0.3 is 24.8 Å². The number of ether oxygens (including phenoxy) is 2. The van der Waals surface area contributed by atoms with Crippen LogP contribution < -0.4 is 10.1 Å². The van der Waals surface area contributed by atoms with Gasteiger partial charge in [0.1, 0.15) is 12.4 Å². The van der Waals surface area contributed by atoms with E-state index in [1.165, 1.54) is 0 Å². The van der Waals surface area contributed by atoms with E-state index in [-0.39, 0.29) is 43.7 Å². The van der Waals surface area contributed by atoms with Gasteiger partial charge in [-0.2, -0.15) is 0 Å². The third-order valence-electron chi connectivity index (χ3n) is 4.72. The first-order valence-corrected chi connectivity index (χ1v) is 9.50. The summed E-state index contributed by atoms with van der Waals surface area (Å²) in [7, 11) is 0. The number of hydrogen-bond donors (Lipinski definition) is 2. The molecule has 0 aliphatic carbocycles. The molecule has 0 aromatic heterocycles. The number of hydrogen-bond acceptors (Lipinski definition) is 5. The minimum Gasteiger partial charge on any atom is -0.484 e. The van der Waals surface area contributed by atoms with Crippen LogP contribution in [0.25, 0.3) is 0 Å². The molecule has 0 radical (unpaired) electrons. The topological polar surface area (TPSA) is 105 Å². The molecule has 0 saturated carbocycles. The monoisotopic (exact) mass is 392 g/mol. The van der Waals surface area contributed by atoms with Crippen LogP contribution in [0.15, 0.2) is 24.3 Å². The number of rotatable bonds is 9. The third-order valence-corrected chi connectivity index (χ3v) is 4.72. The lowest BCUT2D eigenvalue weighted by molar-refractivity contribution is -0.142. The van der Waals surface area contributed by atoms with Crippen molar-refractivity contribution >= 4 is 17.8 Å². The number of aliphatic carboxylic acids is 1. The summed E-state index contributed by atoms with van der Waals surface area (Å²) in [6.07, 6.45) is 3.17. The van der Waals surface area contributed by atoms with Crippen LogP contribution in [0.2, 0.25) is 0 Å². The number of amides is 2. The number of nitrogens with zero attached hydrogens (tertiary/aromatic N) is 1. The standard InChI is InChI=1S/C20H28N2O6/c1-14-4-3-5-15(2)22(14)18(23)12-28-17-8-6-16(7-9-17)20(26)21-10-11-27-13-19(24)25/h6-9,14-15H,3-5,10-13H2,1-2H3,(H,21,26)(H,24,25). The molecule has 1 aromatic rings. The number of nitrogens with one attached hydrogen (secondary N) is 1. The average molecular weight is 392 g/mol. The predicted octanol–water partition coefficient (Wildman–Crippen LogP) is 1.69. The van der Waals surface area contributed by atoms with Gasteiger partial charge in [0.15, 0.2) is 6.61 Å². The summed E-state index contributed by atoms with van der Waals surface area (Å²) >= 11 is 0. The largest absolute Gasteiger partial charge is 0.484 e. The predicted molar refractivity (Wildman–Crippen MR) is 102 cm³/mol. The molecule has 2 atom stereocenters. The van der Waals surface area contributed by atoms with E-state index in [9.17, 15) is 14.4 Å². The van der Waals surface area contributed by atoms with Gasteiger partial charge in [-0.25, -0.2) is 4.79 Å². The van der Waals surface area contributed by atoms with Crippen molar-refractivity contribution in [3.8, 4) is 5.75 Å². The molecule has 2 N–H and O–H groups in total. The Hall–Kier alpha value is -2.61. The molecular formula is C20H28N2O6. The lowest BCUT2D eigenvalue weighted by atomic mass is 9.97. The highest BCUT2D eigenvalue weighted by molar-refractivity contribution is 5.94. The maximum atomic E-state index is 12.5. The number of likely N-dealkylation sites (tertiary alicyclic amines) is 1. The molecule has 2 amide bonds. The van der Waals surface area contributed by atoms with Crippen molar-refractivity contribution in [2.75, 3.05) is 26.4 Å². The molecule has 1 fully saturated rings. The van der Waals surface area contributed by atoms with Crippen molar-refractivity contribution < 1.29 is 29.0 Å². The Labute approximate surface area is 164 Å². The van der Waals surface area contributed by atoms with Gasteiger partial charge in [0.25, 0.3) is 11.8 Å². The zero-order chi connectivity index (χ0) is 20.5. The molecule has 154 valence electrons. The maximum absolute atomic E-state index is 12.5. The van der Waals surface area contributed by atoms with Gasteiger partial charge in [-0.05, 0) is 57.4 Å². The molecule has 8 nitrogen and oxygen atoms in total. The summed E-state index contributed by atoms with van der Waals surface area (Å²) in [6.45, 7) is 4.04. The number of carbonyl (C=O) groups is 3. The minimum absolute atomic E-state index is 0.0251. The molecular weight excluding hydrogens is 364 g/mol. The quantitative estimate of drug-likeness (QED) is 0.620. The van der Waals surface area contributed by atoms with E-state index in [4.69, 9.17) is 14.6 Å². The Bertz CT molecular complexity index is 666. The van der Waals surface area contributed by atoms with Crippen LogP contribution >= 0.6 is 0 Å². The molecule has 2 rings (SSSR count). The van der Waals surface area contributed by atoms with E-state index in [1.807, 2.05) is 4.90 Å². The maximum Gasteiger partial charge on any atom is 0.329 e. The fraction of sp³-hybridized carbons (Fsp3) is 0.550. The van der Waals surface area contributed by atoms with E-state index in [0.29, 0.717) is 11.3 Å². The van der Waals surface area contributed by atoms with Crippen molar-refractivity contribution in [2.45, 2.75) is 45.2 Å². The first-order chi connectivity index (χ1) is 13.4. The van der Waals surface area contributed by atoms with Crippen LogP contribution in [-0.2, 0) is 14.3 Å². The summed E-state index contributed by atoms with van der Waals surface area (Å²) < 4.78 is 10.4. The fourth-order valence-corrected chi connectivity index (χ4v) is 3.33. The zero-order valence-electron chi connectivity index (χ0n) is 16.3. The minimum atomic E-state index is -1.05. The molecule has 0 bridgehead atoms. The van der Waals surface area contributed by atoms with Gasteiger partial charge in [-0.3, -0.25) is 9.59 Å². The van der Waals surface area contributed by atoms with E-state index in [0.717, 1.165) is 19.3 Å². The Balaban J connectivity index is 1.76. The lowest BCUT2D eigenvalue weighted by Crippen LogP contribution is -2.49. The summed E-state index contributed by atoms with van der Waals surface area (Å²) in [5.41, 5.74) is 0.440. The molecule has 1 aliphatic rings. The first kappa shape index (κ1) is 21.7. The van der Waals surface area contributed by atoms with E-state index < -0.39 is 12.6 Å². The first-order valence-electron chi connectivity index (χ1n) is 9.50. The highest BCUT2D eigenvalue weighted by Gasteiger charge is 2.28. The lowest BCUT2D eigenvalue weighted by Gasteiger charge is -2.38. The van der Waals surface area contributed by atoms with Crippen LogP contribution in [0.3, 0.4) is 0 Å². The number of carboxylic acid groups (broad SMARTS) is 1. The van der Waals surface area contributed by atoms with Crippen LogP contribution in [0, 0.1) is 0 Å². The van der Waals surface area contributed by atoms with Gasteiger partial charge in [0.2, 0.25) is 0 Å². The molecule has 1 heterocycles. The van der Waals surface area contributed by atoms with E-state index in [2.05, 4.69) is 19.2 Å².